The van der Waals surface area contributed by atoms with Crippen molar-refractivity contribution >= 4 is 16.9 Å². The highest BCUT2D eigenvalue weighted by Gasteiger charge is 2.17. The molecule has 3 aromatic carbocycles. The van der Waals surface area contributed by atoms with Crippen molar-refractivity contribution in [1.82, 2.24) is 4.57 Å². The highest BCUT2D eigenvalue weighted by atomic mass is 16.5. The molecule has 5 nitrogen and oxygen atoms in total. The van der Waals surface area contributed by atoms with Crippen molar-refractivity contribution in [1.29, 1.82) is 0 Å². The largest absolute Gasteiger partial charge is 0.497 e. The summed E-state index contributed by atoms with van der Waals surface area (Å²) in [7, 11) is 1.61. The van der Waals surface area contributed by atoms with Crippen LogP contribution in [0.25, 0.3) is 10.9 Å². The molecule has 0 saturated carbocycles. The lowest BCUT2D eigenvalue weighted by atomic mass is 10.2. The molecule has 0 atom stereocenters. The lowest BCUT2D eigenvalue weighted by Gasteiger charge is -2.11. The van der Waals surface area contributed by atoms with Crippen LogP contribution in [-0.4, -0.2) is 22.8 Å². The van der Waals surface area contributed by atoms with Gasteiger partial charge in [-0.25, -0.2) is 4.79 Å². The van der Waals surface area contributed by atoms with Gasteiger partial charge in [0, 0.05) is 11.9 Å². The number of nitrogens with zero attached hydrogens (tertiary/aromatic N) is 1. The van der Waals surface area contributed by atoms with Gasteiger partial charge in [-0.1, -0.05) is 48.5 Å². The van der Waals surface area contributed by atoms with Gasteiger partial charge >= 0.3 is 5.97 Å². The molecule has 0 spiro atoms. The number of methoxy groups -OCH3 is 1. The quantitative estimate of drug-likeness (QED) is 0.486. The van der Waals surface area contributed by atoms with E-state index >= 15 is 0 Å². The summed E-state index contributed by atoms with van der Waals surface area (Å²) in [6.07, 6.45) is 0. The molecule has 146 valence electrons. The zero-order chi connectivity index (χ0) is 20.2. The summed E-state index contributed by atoms with van der Waals surface area (Å²) in [6, 6.07) is 24.9. The van der Waals surface area contributed by atoms with Crippen LogP contribution in [0.1, 0.15) is 21.6 Å². The number of carboxylic acid groups (broad SMARTS) is 1. The third-order valence-electron chi connectivity index (χ3n) is 4.84. The van der Waals surface area contributed by atoms with Crippen molar-refractivity contribution < 1.29 is 19.4 Å². The highest BCUT2D eigenvalue weighted by molar-refractivity contribution is 5.97. The first-order valence-electron chi connectivity index (χ1n) is 9.31. The Balaban J connectivity index is 1.72. The van der Waals surface area contributed by atoms with Crippen LogP contribution in [0.2, 0.25) is 0 Å². The number of carbonyl (C=O) groups is 1. The molecule has 29 heavy (non-hydrogen) atoms. The van der Waals surface area contributed by atoms with E-state index in [9.17, 15) is 9.90 Å². The molecule has 0 bridgehead atoms. The second-order valence-corrected chi connectivity index (χ2v) is 6.74. The molecular weight excluding hydrogens is 366 g/mol. The van der Waals surface area contributed by atoms with Crippen LogP contribution in [-0.2, 0) is 13.2 Å². The molecule has 1 aromatic heterocycles. The monoisotopic (exact) mass is 387 g/mol. The molecule has 0 saturated heterocycles. The Bertz CT molecular complexity index is 1150. The minimum absolute atomic E-state index is 0.221. The number of rotatable bonds is 7. The van der Waals surface area contributed by atoms with E-state index in [1.54, 1.807) is 17.7 Å². The highest BCUT2D eigenvalue weighted by Crippen LogP contribution is 2.30. The summed E-state index contributed by atoms with van der Waals surface area (Å²) in [5.41, 5.74) is 3.05. The Morgan fingerprint density at radius 3 is 2.45 bits per heavy atom. The van der Waals surface area contributed by atoms with Crippen LogP contribution >= 0.6 is 0 Å². The van der Waals surface area contributed by atoms with E-state index in [1.165, 1.54) is 0 Å². The van der Waals surface area contributed by atoms with E-state index in [0.29, 0.717) is 18.9 Å². The van der Waals surface area contributed by atoms with Crippen LogP contribution in [0.4, 0.5) is 0 Å². The van der Waals surface area contributed by atoms with Crippen molar-refractivity contribution in [2.45, 2.75) is 13.2 Å². The number of fused-ring (bicyclic) bond motifs is 1. The lowest BCUT2D eigenvalue weighted by Crippen LogP contribution is -2.09. The van der Waals surface area contributed by atoms with Gasteiger partial charge in [0.2, 0.25) is 0 Å². The van der Waals surface area contributed by atoms with Crippen molar-refractivity contribution in [3.8, 4) is 11.5 Å². The summed E-state index contributed by atoms with van der Waals surface area (Å²) in [5.74, 6) is 0.430. The molecule has 0 fully saturated rings. The first-order chi connectivity index (χ1) is 14.2. The van der Waals surface area contributed by atoms with Gasteiger partial charge in [0.05, 0.1) is 12.6 Å². The van der Waals surface area contributed by atoms with Crippen molar-refractivity contribution in [3.05, 3.63) is 95.7 Å². The van der Waals surface area contributed by atoms with E-state index in [2.05, 4.69) is 0 Å². The normalized spacial score (nSPS) is 10.8. The van der Waals surface area contributed by atoms with Crippen LogP contribution in [0.15, 0.2) is 78.9 Å². The Labute approximate surface area is 168 Å². The van der Waals surface area contributed by atoms with Gasteiger partial charge in [0.25, 0.3) is 0 Å². The molecule has 0 amide bonds. The number of ether oxygens (including phenoxy) is 2. The fourth-order valence-electron chi connectivity index (χ4n) is 3.42. The van der Waals surface area contributed by atoms with Crippen LogP contribution in [0.5, 0.6) is 11.5 Å². The summed E-state index contributed by atoms with van der Waals surface area (Å²) < 4.78 is 13.1. The second-order valence-electron chi connectivity index (χ2n) is 6.74. The number of aromatic nitrogens is 1. The van der Waals surface area contributed by atoms with Gasteiger partial charge in [-0.2, -0.15) is 0 Å². The lowest BCUT2D eigenvalue weighted by molar-refractivity contribution is 0.0686. The minimum atomic E-state index is -0.974. The van der Waals surface area contributed by atoms with Gasteiger partial charge < -0.3 is 19.1 Å². The minimum Gasteiger partial charge on any atom is -0.497 e. The molecule has 5 heteroatoms. The second kappa shape index (κ2) is 8.10. The van der Waals surface area contributed by atoms with Crippen LogP contribution < -0.4 is 9.47 Å². The SMILES string of the molecule is COc1cccc(Cn2c(C(=O)O)cc3c(OCc4ccccc4)cccc32)c1. The number of hydrogen-bond donors (Lipinski definition) is 1. The third-order valence-corrected chi connectivity index (χ3v) is 4.84. The predicted molar refractivity (Wildman–Crippen MR) is 112 cm³/mol. The fraction of sp³-hybridized carbons (Fsp3) is 0.125. The maximum Gasteiger partial charge on any atom is 0.352 e. The Morgan fingerprint density at radius 1 is 0.931 bits per heavy atom. The molecule has 1 N–H and O–H groups in total. The average molecular weight is 387 g/mol. The van der Waals surface area contributed by atoms with E-state index in [-0.39, 0.29) is 5.69 Å². The maximum atomic E-state index is 11.9. The van der Waals surface area contributed by atoms with E-state index in [1.807, 2.05) is 72.8 Å². The number of benzene rings is 3. The average Bonchev–Trinajstić information content (AvgIpc) is 3.12. The Morgan fingerprint density at radius 2 is 1.69 bits per heavy atom. The molecule has 0 radical (unpaired) electrons. The smallest absolute Gasteiger partial charge is 0.352 e. The summed E-state index contributed by atoms with van der Waals surface area (Å²) in [4.78, 5) is 11.9. The first kappa shape index (κ1) is 18.6. The number of aromatic carboxylic acids is 1. The zero-order valence-electron chi connectivity index (χ0n) is 16.0. The van der Waals surface area contributed by atoms with E-state index < -0.39 is 5.97 Å². The predicted octanol–water partition coefficient (Wildman–Crippen LogP) is 4.98. The van der Waals surface area contributed by atoms with Crippen molar-refractivity contribution in [3.63, 3.8) is 0 Å². The van der Waals surface area contributed by atoms with Gasteiger partial charge in [0.15, 0.2) is 0 Å². The molecule has 4 rings (SSSR count). The molecule has 0 aliphatic heterocycles. The van der Waals surface area contributed by atoms with Crippen LogP contribution in [0, 0.1) is 0 Å². The summed E-state index contributed by atoms with van der Waals surface area (Å²) >= 11 is 0. The molecular formula is C24H21NO4. The number of hydrogen-bond acceptors (Lipinski definition) is 3. The topological polar surface area (TPSA) is 60.7 Å². The van der Waals surface area contributed by atoms with Gasteiger partial charge in [-0.15, -0.1) is 0 Å². The standard InChI is InChI=1S/C24H21NO4/c1-28-19-10-5-9-18(13-19)15-25-21-11-6-12-23(20(21)14-22(25)24(26)27)29-16-17-7-3-2-4-8-17/h2-14H,15-16H2,1H3,(H,26,27). The molecule has 0 aliphatic rings. The fourth-order valence-corrected chi connectivity index (χ4v) is 3.42. The molecule has 1 heterocycles. The Hall–Kier alpha value is -3.73. The molecule has 4 aromatic rings. The first-order valence-corrected chi connectivity index (χ1v) is 9.31. The molecule has 0 unspecified atom stereocenters. The van der Waals surface area contributed by atoms with Crippen molar-refractivity contribution in [2.24, 2.45) is 0 Å². The number of carboxylic acids is 1. The van der Waals surface area contributed by atoms with Gasteiger partial charge in [-0.05, 0) is 41.5 Å². The summed E-state index contributed by atoms with van der Waals surface area (Å²) in [5, 5.41) is 10.5. The van der Waals surface area contributed by atoms with Crippen LogP contribution in [0.3, 0.4) is 0 Å². The molecule has 0 aliphatic carbocycles. The Kier molecular flexibility index (Phi) is 5.20. The zero-order valence-corrected chi connectivity index (χ0v) is 16.0. The maximum absolute atomic E-state index is 11.9. The van der Waals surface area contributed by atoms with Gasteiger partial charge in [-0.3, -0.25) is 0 Å². The van der Waals surface area contributed by atoms with E-state index in [0.717, 1.165) is 27.8 Å². The van der Waals surface area contributed by atoms with E-state index in [4.69, 9.17) is 9.47 Å². The van der Waals surface area contributed by atoms with Crippen molar-refractivity contribution in [2.75, 3.05) is 7.11 Å². The summed E-state index contributed by atoms with van der Waals surface area (Å²) in [6.45, 7) is 0.841. The third kappa shape index (κ3) is 3.94. The van der Waals surface area contributed by atoms with Gasteiger partial charge in [0.1, 0.15) is 23.8 Å².